The van der Waals surface area contributed by atoms with Gasteiger partial charge in [-0.1, -0.05) is 34.6 Å². The molecule has 0 aliphatic heterocycles. The summed E-state index contributed by atoms with van der Waals surface area (Å²) in [5.41, 5.74) is 14.7. The van der Waals surface area contributed by atoms with Gasteiger partial charge in [0.25, 0.3) is 0 Å². The molecule has 0 N–H and O–H groups in total. The van der Waals surface area contributed by atoms with Crippen molar-refractivity contribution in [2.45, 2.75) is 69.2 Å². The summed E-state index contributed by atoms with van der Waals surface area (Å²) in [6.07, 6.45) is 0. The van der Waals surface area contributed by atoms with Crippen LogP contribution in [0.1, 0.15) is 55.6 Å². The van der Waals surface area contributed by atoms with E-state index in [4.69, 9.17) is 18.9 Å². The summed E-state index contributed by atoms with van der Waals surface area (Å²) >= 11 is 0. The van der Waals surface area contributed by atoms with Gasteiger partial charge in [0, 0.05) is 17.1 Å². The zero-order valence-corrected chi connectivity index (χ0v) is 21.7. The maximum atomic E-state index is 7.75. The van der Waals surface area contributed by atoms with Crippen LogP contribution in [0.15, 0.2) is 0 Å². The Morgan fingerprint density at radius 1 is 0.567 bits per heavy atom. The van der Waals surface area contributed by atoms with Crippen molar-refractivity contribution in [1.29, 1.82) is 0 Å². The molecule has 0 bridgehead atoms. The van der Waals surface area contributed by atoms with Gasteiger partial charge >= 0.3 is 39.7 Å². The van der Waals surface area contributed by atoms with Crippen molar-refractivity contribution >= 4 is 13.6 Å². The molecule has 4 nitrogen and oxygen atoms in total. The first-order valence-corrected chi connectivity index (χ1v) is 8.38. The molecule has 2 rings (SSSR count). The third-order valence-electron chi connectivity index (χ3n) is 5.62. The Balaban J connectivity index is -0.0000000686. The van der Waals surface area contributed by atoms with Gasteiger partial charge in [-0.2, -0.15) is 27.8 Å². The summed E-state index contributed by atoms with van der Waals surface area (Å²) in [5.74, 6) is 0. The van der Waals surface area contributed by atoms with E-state index in [0.29, 0.717) is 0 Å². The topological polar surface area (TPSA) is 73.9 Å². The molecular formula is C24H32Fe2O4-3. The normalized spacial score (nSPS) is 7.40. The van der Waals surface area contributed by atoms with Crippen molar-refractivity contribution in [3.63, 3.8) is 0 Å². The van der Waals surface area contributed by atoms with Crippen LogP contribution in [0.25, 0.3) is 0 Å². The molecule has 0 saturated heterocycles. The molecule has 30 heavy (non-hydrogen) atoms. The summed E-state index contributed by atoms with van der Waals surface area (Å²) in [5, 5.41) is 0. The minimum Gasteiger partial charge on any atom is -0.545 e. The zero-order valence-electron chi connectivity index (χ0n) is 19.5. The van der Waals surface area contributed by atoms with Gasteiger partial charge < -0.3 is 37.4 Å². The molecule has 171 valence electrons. The number of hydrogen-bond donors (Lipinski definition) is 0. The number of carbonyl (C=O) groups excluding carboxylic acids is 2. The van der Waals surface area contributed by atoms with Gasteiger partial charge in [-0.25, -0.2) is 34.6 Å². The fraction of sp³-hybridized carbons (Fsp3) is 0.417. The average molecular weight is 496 g/mol. The molecule has 0 heterocycles. The Morgan fingerprint density at radius 3 is 0.767 bits per heavy atom. The molecule has 0 amide bonds. The Kier molecular flexibility index (Phi) is 33.9. The van der Waals surface area contributed by atoms with E-state index in [-0.39, 0.29) is 34.1 Å². The van der Waals surface area contributed by atoms with Crippen LogP contribution in [-0.2, 0) is 53.0 Å². The second kappa shape index (κ2) is 23.8. The largest absolute Gasteiger partial charge is 5.00 e. The van der Waals surface area contributed by atoms with Crippen LogP contribution in [0.3, 0.4) is 0 Å². The second-order valence-electron chi connectivity index (χ2n) is 6.25. The molecule has 0 unspecified atom stereocenters. The Bertz CT molecular complexity index is 526. The van der Waals surface area contributed by atoms with Gasteiger partial charge in [0.2, 0.25) is 0 Å². The fourth-order valence-electron chi connectivity index (χ4n) is 2.81. The molecule has 0 aromatic heterocycles. The summed E-state index contributed by atoms with van der Waals surface area (Å²) in [6.45, 7) is 37.5. The smallest absolute Gasteiger partial charge is 0.545 e. The third kappa shape index (κ3) is 11.7. The number of hydrogen-bond acceptors (Lipinski definition) is 2. The van der Waals surface area contributed by atoms with Crippen molar-refractivity contribution in [2.75, 3.05) is 0 Å². The van der Waals surface area contributed by atoms with Gasteiger partial charge in [0.15, 0.2) is 0 Å². The molecule has 6 heteroatoms. The van der Waals surface area contributed by atoms with E-state index in [2.05, 4.69) is 96.1 Å². The summed E-state index contributed by atoms with van der Waals surface area (Å²) < 4.78 is 15.0. The van der Waals surface area contributed by atoms with Gasteiger partial charge in [0.1, 0.15) is 0 Å². The van der Waals surface area contributed by atoms with E-state index in [1.165, 1.54) is 55.6 Å². The van der Waals surface area contributed by atoms with Crippen LogP contribution in [0.4, 0.5) is 0 Å². The van der Waals surface area contributed by atoms with Crippen molar-refractivity contribution in [2.24, 2.45) is 0 Å². The van der Waals surface area contributed by atoms with Crippen molar-refractivity contribution < 1.29 is 53.0 Å². The van der Waals surface area contributed by atoms with Crippen LogP contribution in [-0.4, -0.2) is 13.6 Å². The molecule has 0 aliphatic carbocycles. The molecule has 0 aliphatic rings. The van der Waals surface area contributed by atoms with E-state index >= 15 is 0 Å². The molecule has 1 radical (unpaired) electrons. The van der Waals surface area contributed by atoms with Crippen LogP contribution in [0, 0.1) is 82.5 Å². The van der Waals surface area contributed by atoms with Crippen molar-refractivity contribution in [3.8, 4) is 0 Å². The van der Waals surface area contributed by atoms with Crippen LogP contribution < -0.4 is 0 Å². The predicted molar refractivity (Wildman–Crippen MR) is 113 cm³/mol. The Labute approximate surface area is 204 Å². The minimum atomic E-state index is 0. The van der Waals surface area contributed by atoms with E-state index < -0.39 is 0 Å². The summed E-state index contributed by atoms with van der Waals surface area (Å²) in [6, 6.07) is 0. The zero-order chi connectivity index (χ0) is 23.8. The Morgan fingerprint density at radius 2 is 0.700 bits per heavy atom. The van der Waals surface area contributed by atoms with Crippen molar-refractivity contribution in [3.05, 3.63) is 68.9 Å². The minimum absolute atomic E-state index is 0. The predicted octanol–water partition coefficient (Wildman–Crippen LogP) is 5.27. The SMILES string of the molecule is C[c-]1[c-](C)[c-](C)[c-](C)[c-]1C.Cc1c(C)c(C)[c-](C)c1C.[C-]#[O+].[C-]#[O+].[CH-]=O.[CH-]=O.[Fe+5].[Fe]. The van der Waals surface area contributed by atoms with Crippen LogP contribution in [0.5, 0.6) is 0 Å². The van der Waals surface area contributed by atoms with Gasteiger partial charge in [0.05, 0.1) is 0 Å². The van der Waals surface area contributed by atoms with Crippen LogP contribution in [0.2, 0.25) is 0 Å². The first-order chi connectivity index (χ1) is 13.1. The van der Waals surface area contributed by atoms with Gasteiger partial charge in [-0.3, -0.25) is 13.6 Å². The molecule has 0 spiro atoms. The first-order valence-electron chi connectivity index (χ1n) is 8.38. The molecule has 2 aromatic rings. The maximum absolute atomic E-state index is 7.75. The van der Waals surface area contributed by atoms with Gasteiger partial charge in [-0.05, 0) is 0 Å². The first kappa shape index (κ1) is 42.6. The van der Waals surface area contributed by atoms with Crippen molar-refractivity contribution in [1.82, 2.24) is 0 Å². The van der Waals surface area contributed by atoms with Crippen LogP contribution >= 0.6 is 0 Å². The summed E-state index contributed by atoms with van der Waals surface area (Å²) in [7, 11) is 0. The molecule has 2 aromatic carbocycles. The summed E-state index contributed by atoms with van der Waals surface area (Å²) in [4.78, 5) is 15.5. The third-order valence-corrected chi connectivity index (χ3v) is 5.62. The molecule has 0 saturated carbocycles. The second-order valence-corrected chi connectivity index (χ2v) is 6.25. The van der Waals surface area contributed by atoms with Gasteiger partial charge in [-0.15, -0.1) is 0 Å². The standard InChI is InChI=1S/2C10H15.2CHO.2CO.2Fe/c2*1-6-7(2)9(4)10(5)8(6)3;4*1-2;;/h2*1-5H3;2*1H;;;;/q-5;3*-1;;;;+5. The number of rotatable bonds is 0. The maximum Gasteiger partial charge on any atom is 5.00 e. The fourth-order valence-corrected chi connectivity index (χ4v) is 2.81. The Hall–Kier alpha value is -1.44. The average Bonchev–Trinajstić information content (AvgIpc) is 3.04. The monoisotopic (exact) mass is 496 g/mol. The molecule has 0 atom stereocenters. The van der Waals surface area contributed by atoms with E-state index in [9.17, 15) is 0 Å². The molecular weight excluding hydrogens is 464 g/mol. The van der Waals surface area contributed by atoms with E-state index in [1.54, 1.807) is 0 Å². The molecule has 0 fully saturated rings. The quantitative estimate of drug-likeness (QED) is 0.216. The van der Waals surface area contributed by atoms with E-state index in [0.717, 1.165) is 0 Å². The van der Waals surface area contributed by atoms with E-state index in [1.807, 2.05) is 0 Å².